The number of hydrogen-bond donors (Lipinski definition) is 1. The molecule has 0 aliphatic carbocycles. The normalized spacial score (nSPS) is 11.2. The molecule has 4 aromatic rings. The van der Waals surface area contributed by atoms with Gasteiger partial charge in [0.15, 0.2) is 10.1 Å². The molecule has 0 saturated carbocycles. The third-order valence-electron chi connectivity index (χ3n) is 4.28. The molecule has 5 nitrogen and oxygen atoms in total. The second kappa shape index (κ2) is 8.94. The van der Waals surface area contributed by atoms with Gasteiger partial charge in [-0.1, -0.05) is 54.1 Å². The Bertz CT molecular complexity index is 1150. The number of halogens is 1. The molecule has 0 aliphatic heterocycles. The van der Waals surface area contributed by atoms with Gasteiger partial charge in [-0.25, -0.2) is 4.98 Å². The van der Waals surface area contributed by atoms with Gasteiger partial charge in [0.1, 0.15) is 5.75 Å². The first-order chi connectivity index (χ1) is 14.2. The van der Waals surface area contributed by atoms with Gasteiger partial charge < -0.3 is 10.1 Å². The molecule has 0 aliphatic rings. The highest BCUT2D eigenvalue weighted by atomic mass is 35.5. The van der Waals surface area contributed by atoms with E-state index < -0.39 is 0 Å². The SMILES string of the molecule is O=C(/C=C/c1c(Cl)nc2sccn12)Nc1ccccc1OCCc1ccccc1. The second-order valence-electron chi connectivity index (χ2n) is 6.25. The maximum Gasteiger partial charge on any atom is 0.248 e. The van der Waals surface area contributed by atoms with Crippen molar-refractivity contribution < 1.29 is 9.53 Å². The van der Waals surface area contributed by atoms with Gasteiger partial charge in [-0.15, -0.1) is 11.3 Å². The molecule has 2 heterocycles. The van der Waals surface area contributed by atoms with Crippen molar-refractivity contribution in [1.29, 1.82) is 0 Å². The van der Waals surface area contributed by atoms with Crippen molar-refractivity contribution >= 4 is 45.6 Å². The lowest BCUT2D eigenvalue weighted by Gasteiger charge is -2.11. The first-order valence-electron chi connectivity index (χ1n) is 9.06. The number of hydrogen-bond acceptors (Lipinski definition) is 4. The molecule has 2 aromatic carbocycles. The van der Waals surface area contributed by atoms with Gasteiger partial charge in [0.25, 0.3) is 0 Å². The Morgan fingerprint density at radius 2 is 1.97 bits per heavy atom. The van der Waals surface area contributed by atoms with Crippen molar-refractivity contribution in [3.63, 3.8) is 0 Å². The number of nitrogens with zero attached hydrogens (tertiary/aromatic N) is 2. The number of nitrogens with one attached hydrogen (secondary N) is 1. The molecular formula is C22H18ClN3O2S. The standard InChI is InChI=1S/C22H18ClN3O2S/c23-21-18(26-13-15-29-22(26)25-21)10-11-20(27)24-17-8-4-5-9-19(17)28-14-12-16-6-2-1-3-7-16/h1-11,13,15H,12,14H2,(H,24,27)/b11-10+. The number of para-hydroxylation sites is 2. The third kappa shape index (κ3) is 4.67. The van der Waals surface area contributed by atoms with Gasteiger partial charge >= 0.3 is 0 Å². The molecule has 0 radical (unpaired) electrons. The van der Waals surface area contributed by atoms with Crippen molar-refractivity contribution in [2.75, 3.05) is 11.9 Å². The molecule has 0 atom stereocenters. The zero-order valence-corrected chi connectivity index (χ0v) is 17.0. The Morgan fingerprint density at radius 1 is 1.17 bits per heavy atom. The van der Waals surface area contributed by atoms with E-state index in [1.165, 1.54) is 23.0 Å². The maximum atomic E-state index is 12.4. The summed E-state index contributed by atoms with van der Waals surface area (Å²) in [6, 6.07) is 17.5. The van der Waals surface area contributed by atoms with Crippen LogP contribution in [0.2, 0.25) is 5.15 Å². The summed E-state index contributed by atoms with van der Waals surface area (Å²) in [4.78, 5) is 17.5. The van der Waals surface area contributed by atoms with Crippen LogP contribution in [0.25, 0.3) is 11.0 Å². The summed E-state index contributed by atoms with van der Waals surface area (Å²) in [7, 11) is 0. The summed E-state index contributed by atoms with van der Waals surface area (Å²) in [6.07, 6.45) is 5.75. The third-order valence-corrected chi connectivity index (χ3v) is 5.32. The van der Waals surface area contributed by atoms with Crippen LogP contribution < -0.4 is 10.1 Å². The predicted octanol–water partition coefficient (Wildman–Crippen LogP) is 5.32. The smallest absolute Gasteiger partial charge is 0.248 e. The number of anilines is 1. The Balaban J connectivity index is 1.40. The lowest BCUT2D eigenvalue weighted by Crippen LogP contribution is -2.10. The maximum absolute atomic E-state index is 12.4. The van der Waals surface area contributed by atoms with Crippen LogP contribution in [0.4, 0.5) is 5.69 Å². The van der Waals surface area contributed by atoms with Crippen LogP contribution in [0.15, 0.2) is 72.3 Å². The highest BCUT2D eigenvalue weighted by Gasteiger charge is 2.10. The number of amides is 1. The number of rotatable bonds is 7. The molecule has 146 valence electrons. The van der Waals surface area contributed by atoms with Gasteiger partial charge in [0.2, 0.25) is 5.91 Å². The summed E-state index contributed by atoms with van der Waals surface area (Å²) in [5.74, 6) is 0.359. The minimum atomic E-state index is -0.273. The van der Waals surface area contributed by atoms with E-state index in [9.17, 15) is 4.79 Å². The molecule has 7 heteroatoms. The van der Waals surface area contributed by atoms with Crippen LogP contribution in [-0.4, -0.2) is 21.9 Å². The van der Waals surface area contributed by atoms with Gasteiger partial charge in [-0.2, -0.15) is 0 Å². The first kappa shape index (κ1) is 19.2. The molecular weight excluding hydrogens is 406 g/mol. The van der Waals surface area contributed by atoms with E-state index in [-0.39, 0.29) is 5.91 Å². The van der Waals surface area contributed by atoms with Crippen molar-refractivity contribution in [3.8, 4) is 5.75 Å². The average molecular weight is 424 g/mol. The van der Waals surface area contributed by atoms with E-state index in [0.29, 0.717) is 28.9 Å². The van der Waals surface area contributed by atoms with Crippen molar-refractivity contribution in [2.24, 2.45) is 0 Å². The summed E-state index contributed by atoms with van der Waals surface area (Å²) < 4.78 is 7.73. The van der Waals surface area contributed by atoms with E-state index in [0.717, 1.165) is 11.4 Å². The molecule has 0 spiro atoms. The number of benzene rings is 2. The van der Waals surface area contributed by atoms with Crippen LogP contribution >= 0.6 is 22.9 Å². The minimum Gasteiger partial charge on any atom is -0.491 e. The number of fused-ring (bicyclic) bond motifs is 1. The zero-order chi connectivity index (χ0) is 20.1. The average Bonchev–Trinajstić information content (AvgIpc) is 3.29. The van der Waals surface area contributed by atoms with Gasteiger partial charge in [0, 0.05) is 24.1 Å². The summed E-state index contributed by atoms with van der Waals surface area (Å²) in [5.41, 5.74) is 2.50. The summed E-state index contributed by atoms with van der Waals surface area (Å²) in [5, 5.41) is 5.14. The largest absolute Gasteiger partial charge is 0.491 e. The number of thiazole rings is 1. The number of carbonyl (C=O) groups excluding carboxylic acids is 1. The minimum absolute atomic E-state index is 0.273. The molecule has 1 N–H and O–H groups in total. The molecule has 2 aromatic heterocycles. The summed E-state index contributed by atoms with van der Waals surface area (Å²) >= 11 is 7.64. The quantitative estimate of drug-likeness (QED) is 0.409. The number of aromatic nitrogens is 2. The van der Waals surface area contributed by atoms with Crippen molar-refractivity contribution in [2.45, 2.75) is 6.42 Å². The highest BCUT2D eigenvalue weighted by molar-refractivity contribution is 7.15. The fourth-order valence-electron chi connectivity index (χ4n) is 2.87. The monoisotopic (exact) mass is 423 g/mol. The lowest BCUT2D eigenvalue weighted by molar-refractivity contribution is -0.111. The van der Waals surface area contributed by atoms with E-state index in [4.69, 9.17) is 16.3 Å². The van der Waals surface area contributed by atoms with Crippen LogP contribution in [0.1, 0.15) is 11.3 Å². The Morgan fingerprint density at radius 3 is 2.83 bits per heavy atom. The van der Waals surface area contributed by atoms with E-state index in [1.807, 2.05) is 58.4 Å². The molecule has 1 amide bonds. The molecule has 0 fully saturated rings. The lowest BCUT2D eigenvalue weighted by atomic mass is 10.2. The van der Waals surface area contributed by atoms with Crippen LogP contribution in [0, 0.1) is 0 Å². The van der Waals surface area contributed by atoms with E-state index >= 15 is 0 Å². The molecule has 0 saturated heterocycles. The molecule has 0 bridgehead atoms. The van der Waals surface area contributed by atoms with Crippen molar-refractivity contribution in [1.82, 2.24) is 9.38 Å². The summed E-state index contributed by atoms with van der Waals surface area (Å²) in [6.45, 7) is 0.522. The predicted molar refractivity (Wildman–Crippen MR) is 118 cm³/mol. The fraction of sp³-hybridized carbons (Fsp3) is 0.0909. The second-order valence-corrected chi connectivity index (χ2v) is 7.48. The topological polar surface area (TPSA) is 55.6 Å². The number of ether oxygens (including phenoxy) is 1. The Kier molecular flexibility index (Phi) is 5.93. The first-order valence-corrected chi connectivity index (χ1v) is 10.3. The van der Waals surface area contributed by atoms with Crippen LogP contribution in [0.3, 0.4) is 0 Å². The van der Waals surface area contributed by atoms with Gasteiger partial charge in [-0.3, -0.25) is 9.20 Å². The Labute approximate surface area is 177 Å². The molecule has 4 rings (SSSR count). The number of carbonyl (C=O) groups is 1. The zero-order valence-electron chi connectivity index (χ0n) is 15.4. The van der Waals surface area contributed by atoms with E-state index in [1.54, 1.807) is 6.08 Å². The van der Waals surface area contributed by atoms with E-state index in [2.05, 4.69) is 22.4 Å². The fourth-order valence-corrected chi connectivity index (χ4v) is 3.88. The number of imidazole rings is 1. The van der Waals surface area contributed by atoms with Gasteiger partial charge in [0.05, 0.1) is 18.0 Å². The van der Waals surface area contributed by atoms with Gasteiger partial charge in [-0.05, 0) is 23.8 Å². The molecule has 0 unspecified atom stereocenters. The molecule has 29 heavy (non-hydrogen) atoms. The van der Waals surface area contributed by atoms with Crippen LogP contribution in [0.5, 0.6) is 5.75 Å². The highest BCUT2D eigenvalue weighted by Crippen LogP contribution is 2.25. The van der Waals surface area contributed by atoms with Crippen molar-refractivity contribution in [3.05, 3.63) is 88.7 Å². The Hall–Kier alpha value is -3.09. The van der Waals surface area contributed by atoms with Crippen LogP contribution in [-0.2, 0) is 11.2 Å².